The summed E-state index contributed by atoms with van der Waals surface area (Å²) in [5, 5.41) is 0.554. The van der Waals surface area contributed by atoms with E-state index in [0.29, 0.717) is 11.0 Å². The first-order valence-corrected chi connectivity index (χ1v) is 7.16. The molecule has 8 nitrogen and oxygen atoms in total. The summed E-state index contributed by atoms with van der Waals surface area (Å²) >= 11 is 0. The maximum Gasteiger partial charge on any atom is 0.352 e. The Morgan fingerprint density at radius 2 is 1.56 bits per heavy atom. The Morgan fingerprint density at radius 3 is 2.28 bits per heavy atom. The second-order valence-corrected chi connectivity index (χ2v) is 5.01. The van der Waals surface area contributed by atoms with Crippen LogP contribution in [0.25, 0.3) is 21.9 Å². The van der Waals surface area contributed by atoms with Gasteiger partial charge in [-0.15, -0.1) is 0 Å². The lowest BCUT2D eigenvalue weighted by atomic mass is 10.1. The van der Waals surface area contributed by atoms with Gasteiger partial charge in [-0.2, -0.15) is 0 Å². The molecule has 8 heteroatoms. The van der Waals surface area contributed by atoms with Crippen molar-refractivity contribution in [3.8, 4) is 11.5 Å². The Balaban J connectivity index is 2.24. The Hall–Kier alpha value is -3.55. The van der Waals surface area contributed by atoms with Gasteiger partial charge in [0.25, 0.3) is 5.75 Å². The number of hydrogen-bond donors (Lipinski definition) is 0. The van der Waals surface area contributed by atoms with E-state index in [-0.39, 0.29) is 27.9 Å². The molecule has 0 radical (unpaired) electrons. The van der Waals surface area contributed by atoms with Gasteiger partial charge in [-0.25, -0.2) is 9.59 Å². The molecule has 3 aromatic rings. The smallest absolute Gasteiger partial charge is 0.352 e. The third-order valence-electron chi connectivity index (χ3n) is 3.16. The molecule has 0 unspecified atom stereocenters. The highest BCUT2D eigenvalue weighted by atomic mass is 17.2. The Kier molecular flexibility index (Phi) is 4.25. The SMILES string of the molecule is CC(=O)OOc1ccc2c(=O)c3ccccc3oc2c1OOC(C)=O. The van der Waals surface area contributed by atoms with Crippen LogP contribution in [-0.2, 0) is 19.4 Å². The van der Waals surface area contributed by atoms with Crippen molar-refractivity contribution in [1.29, 1.82) is 0 Å². The molecule has 0 aliphatic heterocycles. The maximum absolute atomic E-state index is 12.6. The van der Waals surface area contributed by atoms with Gasteiger partial charge < -0.3 is 4.42 Å². The summed E-state index contributed by atoms with van der Waals surface area (Å²) in [7, 11) is 0. The number of hydrogen-bond acceptors (Lipinski definition) is 8. The summed E-state index contributed by atoms with van der Waals surface area (Å²) in [5.74, 6) is -1.77. The Labute approximate surface area is 140 Å². The van der Waals surface area contributed by atoms with Gasteiger partial charge in [0, 0.05) is 13.8 Å². The molecule has 0 spiro atoms. The predicted molar refractivity (Wildman–Crippen MR) is 84.8 cm³/mol. The van der Waals surface area contributed by atoms with Crippen molar-refractivity contribution < 1.29 is 33.6 Å². The molecular weight excluding hydrogens is 332 g/mol. The van der Waals surface area contributed by atoms with E-state index in [9.17, 15) is 14.4 Å². The molecule has 3 rings (SSSR count). The first-order chi connectivity index (χ1) is 12.0. The molecule has 128 valence electrons. The third-order valence-corrected chi connectivity index (χ3v) is 3.16. The van der Waals surface area contributed by atoms with Gasteiger partial charge in [0.15, 0.2) is 5.58 Å². The van der Waals surface area contributed by atoms with Crippen molar-refractivity contribution in [3.05, 3.63) is 46.6 Å². The number of fused-ring (bicyclic) bond motifs is 2. The molecular formula is C17H12O8. The van der Waals surface area contributed by atoms with Crippen molar-refractivity contribution in [3.63, 3.8) is 0 Å². The van der Waals surface area contributed by atoms with Crippen molar-refractivity contribution in [2.45, 2.75) is 13.8 Å². The molecule has 0 atom stereocenters. The summed E-state index contributed by atoms with van der Waals surface area (Å²) in [5.41, 5.74) is -0.0181. The van der Waals surface area contributed by atoms with Crippen LogP contribution in [0.15, 0.2) is 45.6 Å². The molecule has 0 saturated carbocycles. The summed E-state index contributed by atoms with van der Waals surface area (Å²) < 4.78 is 5.70. The van der Waals surface area contributed by atoms with E-state index in [1.807, 2.05) is 0 Å². The normalized spacial score (nSPS) is 10.5. The van der Waals surface area contributed by atoms with E-state index in [1.165, 1.54) is 12.1 Å². The fourth-order valence-corrected chi connectivity index (χ4v) is 2.17. The minimum atomic E-state index is -0.737. The first kappa shape index (κ1) is 16.3. The van der Waals surface area contributed by atoms with E-state index < -0.39 is 11.9 Å². The minimum Gasteiger partial charge on any atom is -0.452 e. The van der Waals surface area contributed by atoms with Crippen LogP contribution in [0.1, 0.15) is 13.8 Å². The van der Waals surface area contributed by atoms with Gasteiger partial charge in [-0.1, -0.05) is 12.1 Å². The van der Waals surface area contributed by atoms with Crippen molar-refractivity contribution in [1.82, 2.24) is 0 Å². The third kappa shape index (κ3) is 3.23. The molecule has 0 fully saturated rings. The van der Waals surface area contributed by atoms with Gasteiger partial charge in [0.05, 0.1) is 10.8 Å². The average Bonchev–Trinajstić information content (AvgIpc) is 2.58. The van der Waals surface area contributed by atoms with Crippen LogP contribution < -0.4 is 15.2 Å². The highest BCUT2D eigenvalue weighted by molar-refractivity contribution is 5.93. The summed E-state index contributed by atoms with van der Waals surface area (Å²) in [4.78, 5) is 53.4. The highest BCUT2D eigenvalue weighted by Gasteiger charge is 2.20. The lowest BCUT2D eigenvalue weighted by molar-refractivity contribution is -0.223. The van der Waals surface area contributed by atoms with Gasteiger partial charge in [-0.05, 0) is 24.3 Å². The minimum absolute atomic E-state index is 0.0189. The second kappa shape index (κ2) is 6.52. The van der Waals surface area contributed by atoms with Gasteiger partial charge >= 0.3 is 11.9 Å². The van der Waals surface area contributed by atoms with E-state index in [2.05, 4.69) is 9.78 Å². The number of benzene rings is 2. The molecule has 0 aliphatic carbocycles. The standard InChI is InChI=1S/C17H12O8/c1-9(18)22-24-14-8-7-12-15(20)11-5-3-4-6-13(11)21-16(12)17(14)25-23-10(2)19/h3-8H,1-2H3. The maximum atomic E-state index is 12.6. The largest absolute Gasteiger partial charge is 0.452 e. The number of para-hydroxylation sites is 1. The molecule has 0 saturated heterocycles. The lowest BCUT2D eigenvalue weighted by Crippen LogP contribution is -2.09. The predicted octanol–water partition coefficient (Wildman–Crippen LogP) is 2.66. The summed E-state index contributed by atoms with van der Waals surface area (Å²) in [6, 6.07) is 9.38. The van der Waals surface area contributed by atoms with Gasteiger partial charge in [0.1, 0.15) is 5.58 Å². The van der Waals surface area contributed by atoms with Crippen LogP contribution in [0.3, 0.4) is 0 Å². The number of carbonyl (C=O) groups is 2. The second-order valence-electron chi connectivity index (χ2n) is 5.01. The van der Waals surface area contributed by atoms with Crippen LogP contribution in [0.2, 0.25) is 0 Å². The van der Waals surface area contributed by atoms with Crippen LogP contribution in [0.4, 0.5) is 0 Å². The fourth-order valence-electron chi connectivity index (χ4n) is 2.17. The van der Waals surface area contributed by atoms with Crippen molar-refractivity contribution in [2.24, 2.45) is 0 Å². The van der Waals surface area contributed by atoms with E-state index >= 15 is 0 Å². The number of carbonyl (C=O) groups excluding carboxylic acids is 2. The monoisotopic (exact) mass is 344 g/mol. The van der Waals surface area contributed by atoms with Crippen molar-refractivity contribution >= 4 is 33.9 Å². The lowest BCUT2D eigenvalue weighted by Gasteiger charge is -2.10. The van der Waals surface area contributed by atoms with Crippen molar-refractivity contribution in [2.75, 3.05) is 0 Å². The van der Waals surface area contributed by atoms with Gasteiger partial charge in [-0.3, -0.25) is 24.3 Å². The quantitative estimate of drug-likeness (QED) is 0.404. The highest BCUT2D eigenvalue weighted by Crippen LogP contribution is 2.36. The van der Waals surface area contributed by atoms with E-state index in [0.717, 1.165) is 13.8 Å². The van der Waals surface area contributed by atoms with Crippen LogP contribution >= 0.6 is 0 Å². The summed E-state index contributed by atoms with van der Waals surface area (Å²) in [6.07, 6.45) is 0. The van der Waals surface area contributed by atoms with Crippen LogP contribution in [-0.4, -0.2) is 11.9 Å². The molecule has 0 aliphatic rings. The zero-order valence-corrected chi connectivity index (χ0v) is 13.2. The Bertz CT molecular complexity index is 1030. The zero-order chi connectivity index (χ0) is 18.0. The van der Waals surface area contributed by atoms with E-state index in [4.69, 9.17) is 14.2 Å². The summed E-state index contributed by atoms with van der Waals surface area (Å²) in [6.45, 7) is 2.27. The molecule has 0 N–H and O–H groups in total. The molecule has 25 heavy (non-hydrogen) atoms. The zero-order valence-electron chi connectivity index (χ0n) is 13.2. The topological polar surface area (TPSA) is 101 Å². The number of rotatable bonds is 4. The average molecular weight is 344 g/mol. The van der Waals surface area contributed by atoms with E-state index in [1.54, 1.807) is 24.3 Å². The first-order valence-electron chi connectivity index (χ1n) is 7.16. The van der Waals surface area contributed by atoms with Gasteiger partial charge in [0.2, 0.25) is 11.2 Å². The van der Waals surface area contributed by atoms with Crippen LogP contribution in [0, 0.1) is 0 Å². The molecule has 1 heterocycles. The fraction of sp³-hybridized carbons (Fsp3) is 0.118. The molecule has 1 aromatic heterocycles. The van der Waals surface area contributed by atoms with Crippen LogP contribution in [0.5, 0.6) is 11.5 Å². The molecule has 0 amide bonds. The Morgan fingerprint density at radius 1 is 0.880 bits per heavy atom. The molecule has 2 aromatic carbocycles. The molecule has 0 bridgehead atoms.